The molecule has 2 heterocycles. The third-order valence-corrected chi connectivity index (χ3v) is 7.52. The Morgan fingerprint density at radius 3 is 2.39 bits per heavy atom. The molecule has 2 amide bonds. The van der Waals surface area contributed by atoms with Gasteiger partial charge in [-0.3, -0.25) is 25.2 Å². The van der Waals surface area contributed by atoms with E-state index in [2.05, 4.69) is 15.6 Å². The van der Waals surface area contributed by atoms with Gasteiger partial charge in [-0.2, -0.15) is 0 Å². The van der Waals surface area contributed by atoms with Gasteiger partial charge in [-0.15, -0.1) is 22.7 Å². The van der Waals surface area contributed by atoms with Crippen molar-refractivity contribution in [1.29, 1.82) is 0 Å². The van der Waals surface area contributed by atoms with Gasteiger partial charge in [0.25, 0.3) is 21.8 Å². The molecule has 3 rings (SSSR count). The Bertz CT molecular complexity index is 1090. The number of para-hydroxylation sites is 1. The summed E-state index contributed by atoms with van der Waals surface area (Å²) in [6, 6.07) is 11.1. The van der Waals surface area contributed by atoms with Gasteiger partial charge in [0, 0.05) is 0 Å². The van der Waals surface area contributed by atoms with Gasteiger partial charge >= 0.3 is 0 Å². The van der Waals surface area contributed by atoms with E-state index in [0.29, 0.717) is 11.3 Å². The van der Waals surface area contributed by atoms with Crippen molar-refractivity contribution in [2.24, 2.45) is 0 Å². The maximum Gasteiger partial charge on any atom is 0.280 e. The van der Waals surface area contributed by atoms with Crippen molar-refractivity contribution in [2.75, 3.05) is 4.72 Å². The van der Waals surface area contributed by atoms with Crippen molar-refractivity contribution in [2.45, 2.75) is 17.6 Å². The lowest BCUT2D eigenvalue weighted by Gasteiger charge is -2.12. The highest BCUT2D eigenvalue weighted by Crippen LogP contribution is 2.23. The molecule has 0 unspecified atom stereocenters. The second-order valence-electron chi connectivity index (χ2n) is 5.62. The molecule has 0 aliphatic heterocycles. The van der Waals surface area contributed by atoms with Gasteiger partial charge < -0.3 is 0 Å². The molecule has 3 aromatic rings. The van der Waals surface area contributed by atoms with Gasteiger partial charge in [-0.05, 0) is 47.0 Å². The van der Waals surface area contributed by atoms with Crippen LogP contribution in [0.2, 0.25) is 0 Å². The molecule has 0 bridgehead atoms. The monoisotopic (exact) mass is 435 g/mol. The van der Waals surface area contributed by atoms with Crippen LogP contribution in [0.3, 0.4) is 0 Å². The Morgan fingerprint density at radius 1 is 0.929 bits per heavy atom. The second kappa shape index (κ2) is 8.55. The molecule has 0 aliphatic rings. The quantitative estimate of drug-likeness (QED) is 0.517. The molecule has 7 nitrogen and oxygen atoms in total. The van der Waals surface area contributed by atoms with Crippen LogP contribution in [0.4, 0.5) is 5.69 Å². The molecule has 2 aromatic heterocycles. The molecule has 0 saturated heterocycles. The van der Waals surface area contributed by atoms with Crippen LogP contribution in [0.1, 0.15) is 32.5 Å². The van der Waals surface area contributed by atoms with E-state index in [-0.39, 0.29) is 15.5 Å². The first-order valence-corrected chi connectivity index (χ1v) is 11.5. The summed E-state index contributed by atoms with van der Waals surface area (Å²) >= 11 is 2.36. The van der Waals surface area contributed by atoms with Gasteiger partial charge in [0.05, 0.1) is 16.1 Å². The number of aryl methyl sites for hydroxylation is 1. The predicted octanol–water partition coefficient (Wildman–Crippen LogP) is 3.25. The minimum Gasteiger partial charge on any atom is -0.278 e. The van der Waals surface area contributed by atoms with E-state index in [0.717, 1.165) is 16.9 Å². The van der Waals surface area contributed by atoms with E-state index in [4.69, 9.17) is 0 Å². The highest BCUT2D eigenvalue weighted by molar-refractivity contribution is 7.94. The minimum absolute atomic E-state index is 0.0878. The zero-order valence-electron chi connectivity index (χ0n) is 14.8. The van der Waals surface area contributed by atoms with Crippen LogP contribution >= 0.6 is 22.7 Å². The Balaban J connectivity index is 1.73. The molecule has 1 aromatic carbocycles. The number of carbonyl (C=O) groups is 2. The fourth-order valence-corrected chi connectivity index (χ4v) is 5.40. The number of anilines is 1. The van der Waals surface area contributed by atoms with Crippen LogP contribution in [-0.2, 0) is 16.4 Å². The van der Waals surface area contributed by atoms with E-state index >= 15 is 0 Å². The highest BCUT2D eigenvalue weighted by atomic mass is 32.2. The molecule has 0 spiro atoms. The van der Waals surface area contributed by atoms with Crippen LogP contribution < -0.4 is 15.6 Å². The third kappa shape index (κ3) is 4.41. The van der Waals surface area contributed by atoms with Gasteiger partial charge in [-0.1, -0.05) is 25.1 Å². The van der Waals surface area contributed by atoms with E-state index < -0.39 is 21.8 Å². The lowest BCUT2D eigenvalue weighted by atomic mass is 10.2. The van der Waals surface area contributed by atoms with Crippen LogP contribution in [0, 0.1) is 0 Å². The number of thiophene rings is 2. The van der Waals surface area contributed by atoms with Gasteiger partial charge in [0.15, 0.2) is 0 Å². The molecular weight excluding hydrogens is 418 g/mol. The number of sulfonamides is 1. The van der Waals surface area contributed by atoms with E-state index in [1.54, 1.807) is 23.6 Å². The maximum absolute atomic E-state index is 12.5. The molecule has 0 fully saturated rings. The standard InChI is InChI=1S/C18H17N3O4S3/c1-2-12-9-11-27-16(12)18(23)20-19-17(22)13-6-3-4-7-14(13)21-28(24,25)15-8-5-10-26-15/h3-11,21H,2H2,1H3,(H,19,22)(H,20,23). The fraction of sp³-hybridized carbons (Fsp3) is 0.111. The van der Waals surface area contributed by atoms with Crippen molar-refractivity contribution < 1.29 is 18.0 Å². The minimum atomic E-state index is -3.80. The summed E-state index contributed by atoms with van der Waals surface area (Å²) in [7, 11) is -3.80. The number of benzene rings is 1. The molecule has 0 radical (unpaired) electrons. The number of nitrogens with one attached hydrogen (secondary N) is 3. The van der Waals surface area contributed by atoms with Gasteiger partial charge in [0.1, 0.15) is 4.21 Å². The Kier molecular flexibility index (Phi) is 6.12. The Morgan fingerprint density at radius 2 is 1.68 bits per heavy atom. The van der Waals surface area contributed by atoms with Crippen LogP contribution in [-0.4, -0.2) is 20.2 Å². The first-order valence-electron chi connectivity index (χ1n) is 8.24. The Hall–Kier alpha value is -2.69. The van der Waals surface area contributed by atoms with Crippen molar-refractivity contribution in [3.8, 4) is 0 Å². The zero-order chi connectivity index (χ0) is 20.1. The van der Waals surface area contributed by atoms with Crippen molar-refractivity contribution in [3.05, 3.63) is 69.2 Å². The summed E-state index contributed by atoms with van der Waals surface area (Å²) in [5.74, 6) is -1.05. The number of carbonyl (C=O) groups excluding carboxylic acids is 2. The highest BCUT2D eigenvalue weighted by Gasteiger charge is 2.20. The SMILES string of the molecule is CCc1ccsc1C(=O)NNC(=O)c1ccccc1NS(=O)(=O)c1cccs1. The molecule has 0 atom stereocenters. The molecular formula is C18H17N3O4S3. The lowest BCUT2D eigenvalue weighted by Crippen LogP contribution is -2.41. The molecule has 0 aliphatic carbocycles. The number of hydrogen-bond acceptors (Lipinski definition) is 6. The normalized spacial score (nSPS) is 11.0. The fourth-order valence-electron chi connectivity index (χ4n) is 2.43. The lowest BCUT2D eigenvalue weighted by molar-refractivity contribution is 0.0849. The molecule has 10 heteroatoms. The summed E-state index contributed by atoms with van der Waals surface area (Å²) < 4.78 is 27.4. The van der Waals surface area contributed by atoms with Gasteiger partial charge in [-0.25, -0.2) is 8.42 Å². The maximum atomic E-state index is 12.5. The van der Waals surface area contributed by atoms with Gasteiger partial charge in [0.2, 0.25) is 0 Å². The smallest absolute Gasteiger partial charge is 0.278 e. The molecule has 28 heavy (non-hydrogen) atoms. The summed E-state index contributed by atoms with van der Waals surface area (Å²) in [5.41, 5.74) is 5.80. The van der Waals surface area contributed by atoms with E-state index in [9.17, 15) is 18.0 Å². The number of rotatable bonds is 6. The first kappa shape index (κ1) is 20.1. The number of hydrazine groups is 1. The third-order valence-electron chi connectivity index (χ3n) is 3.80. The first-order chi connectivity index (χ1) is 13.4. The molecule has 0 saturated carbocycles. The van der Waals surface area contributed by atoms with Crippen molar-refractivity contribution >= 4 is 50.2 Å². The number of hydrogen-bond donors (Lipinski definition) is 3. The average Bonchev–Trinajstić information content (AvgIpc) is 3.37. The van der Waals surface area contributed by atoms with Crippen LogP contribution in [0.25, 0.3) is 0 Å². The molecule has 3 N–H and O–H groups in total. The number of amides is 2. The topological polar surface area (TPSA) is 104 Å². The zero-order valence-corrected chi connectivity index (χ0v) is 17.2. The van der Waals surface area contributed by atoms with Crippen LogP contribution in [0.5, 0.6) is 0 Å². The average molecular weight is 436 g/mol. The summed E-state index contributed by atoms with van der Waals surface area (Å²) in [4.78, 5) is 25.3. The summed E-state index contributed by atoms with van der Waals surface area (Å²) in [6.45, 7) is 1.94. The van der Waals surface area contributed by atoms with Crippen molar-refractivity contribution in [1.82, 2.24) is 10.9 Å². The van der Waals surface area contributed by atoms with Crippen molar-refractivity contribution in [3.63, 3.8) is 0 Å². The predicted molar refractivity (Wildman–Crippen MR) is 110 cm³/mol. The largest absolute Gasteiger partial charge is 0.280 e. The second-order valence-corrected chi connectivity index (χ2v) is 9.39. The summed E-state index contributed by atoms with van der Waals surface area (Å²) in [5, 5.41) is 3.46. The Labute approximate surface area is 170 Å². The van der Waals surface area contributed by atoms with E-state index in [1.165, 1.54) is 29.5 Å². The van der Waals surface area contributed by atoms with E-state index in [1.807, 2.05) is 18.4 Å². The molecule has 146 valence electrons. The van der Waals surface area contributed by atoms with Crippen LogP contribution in [0.15, 0.2) is 57.4 Å². The summed E-state index contributed by atoms with van der Waals surface area (Å²) in [6.07, 6.45) is 0.702.